The maximum atomic E-state index is 5.83. The first-order valence-corrected chi connectivity index (χ1v) is 5.78. The van der Waals surface area contributed by atoms with E-state index in [-0.39, 0.29) is 4.29 Å². The lowest BCUT2D eigenvalue weighted by Crippen LogP contribution is -1.82. The number of rotatable bonds is 1. The zero-order valence-electron chi connectivity index (χ0n) is 5.32. The van der Waals surface area contributed by atoms with E-state index in [1.165, 1.54) is 0 Å². The van der Waals surface area contributed by atoms with Crippen LogP contribution in [0.5, 0.6) is 0 Å². The van der Waals surface area contributed by atoms with Crippen molar-refractivity contribution in [1.29, 1.82) is 0 Å². The highest BCUT2D eigenvalue weighted by atomic mass is 79.9. The van der Waals surface area contributed by atoms with E-state index in [0.29, 0.717) is 0 Å². The SMILES string of the molecule is ClC(Br)c1ccc(Br)cc1Br. The highest BCUT2D eigenvalue weighted by Gasteiger charge is 2.06. The molecule has 1 unspecified atom stereocenters. The molecule has 0 fully saturated rings. The second kappa shape index (κ2) is 4.26. The van der Waals surface area contributed by atoms with Crippen LogP contribution in [0.4, 0.5) is 0 Å². The summed E-state index contributed by atoms with van der Waals surface area (Å²) < 4.78 is 1.91. The lowest BCUT2D eigenvalue weighted by Gasteiger charge is -2.04. The molecule has 0 saturated carbocycles. The third kappa shape index (κ3) is 2.72. The van der Waals surface area contributed by atoms with Gasteiger partial charge in [0.25, 0.3) is 0 Å². The predicted molar refractivity (Wildman–Crippen MR) is 59.4 cm³/mol. The number of halogens is 4. The summed E-state index contributed by atoms with van der Waals surface area (Å²) >= 11 is 15.9. The Morgan fingerprint density at radius 1 is 1.27 bits per heavy atom. The van der Waals surface area contributed by atoms with Gasteiger partial charge in [0, 0.05) is 8.95 Å². The van der Waals surface area contributed by atoms with Crippen LogP contribution in [0.3, 0.4) is 0 Å². The first-order chi connectivity index (χ1) is 5.11. The summed E-state index contributed by atoms with van der Waals surface area (Å²) in [5.41, 5.74) is 1.04. The molecule has 0 radical (unpaired) electrons. The van der Waals surface area contributed by atoms with E-state index in [1.807, 2.05) is 18.2 Å². The molecule has 1 rings (SSSR count). The van der Waals surface area contributed by atoms with Crippen LogP contribution in [0.1, 0.15) is 9.85 Å². The average Bonchev–Trinajstić information content (AvgIpc) is 1.85. The van der Waals surface area contributed by atoms with Crippen LogP contribution in [0.2, 0.25) is 0 Å². The van der Waals surface area contributed by atoms with Crippen molar-refractivity contribution in [3.05, 3.63) is 32.7 Å². The molecule has 1 aromatic carbocycles. The number of hydrogen-bond acceptors (Lipinski definition) is 0. The fourth-order valence-electron chi connectivity index (χ4n) is 0.678. The van der Waals surface area contributed by atoms with Crippen molar-refractivity contribution in [3.63, 3.8) is 0 Å². The van der Waals surface area contributed by atoms with Gasteiger partial charge in [0.1, 0.15) is 4.29 Å². The van der Waals surface area contributed by atoms with Gasteiger partial charge in [0.05, 0.1) is 0 Å². The van der Waals surface area contributed by atoms with Gasteiger partial charge in [0.15, 0.2) is 0 Å². The second-order valence-corrected chi connectivity index (χ2v) is 5.62. The number of alkyl halides is 2. The van der Waals surface area contributed by atoms with Gasteiger partial charge >= 0.3 is 0 Å². The average molecular weight is 363 g/mol. The normalized spacial score (nSPS) is 13.1. The molecule has 0 amide bonds. The highest BCUT2D eigenvalue weighted by Crippen LogP contribution is 2.34. The lowest BCUT2D eigenvalue weighted by molar-refractivity contribution is 1.35. The van der Waals surface area contributed by atoms with Gasteiger partial charge in [-0.2, -0.15) is 0 Å². The van der Waals surface area contributed by atoms with Gasteiger partial charge < -0.3 is 0 Å². The molecule has 0 N–H and O–H groups in total. The van der Waals surface area contributed by atoms with Crippen LogP contribution in [-0.4, -0.2) is 0 Å². The third-order valence-corrected chi connectivity index (χ3v) is 3.11. The highest BCUT2D eigenvalue weighted by molar-refractivity contribution is 9.11. The summed E-state index contributed by atoms with van der Waals surface area (Å²) in [6.45, 7) is 0. The molecule has 1 atom stereocenters. The molecule has 0 saturated heterocycles. The Morgan fingerprint density at radius 2 is 1.91 bits per heavy atom. The summed E-state index contributed by atoms with van der Waals surface area (Å²) in [5, 5.41) is 0. The smallest absolute Gasteiger partial charge is 0.105 e. The van der Waals surface area contributed by atoms with Crippen LogP contribution in [0.25, 0.3) is 0 Å². The van der Waals surface area contributed by atoms with E-state index in [2.05, 4.69) is 47.8 Å². The predicted octanol–water partition coefficient (Wildman–Crippen LogP) is 4.84. The number of hydrogen-bond donors (Lipinski definition) is 0. The third-order valence-electron chi connectivity index (χ3n) is 1.20. The van der Waals surface area contributed by atoms with E-state index >= 15 is 0 Å². The van der Waals surface area contributed by atoms with Crippen LogP contribution >= 0.6 is 59.4 Å². The molecule has 0 aliphatic rings. The van der Waals surface area contributed by atoms with Crippen molar-refractivity contribution in [1.82, 2.24) is 0 Å². The standard InChI is InChI=1S/C7H4Br3Cl/c8-4-1-2-5(7(10)11)6(9)3-4/h1-3,7H. The Bertz CT molecular complexity index is 260. The second-order valence-electron chi connectivity index (χ2n) is 1.97. The fraction of sp³-hybridized carbons (Fsp3) is 0.143. The molecule has 11 heavy (non-hydrogen) atoms. The molecule has 0 aromatic heterocycles. The quantitative estimate of drug-likeness (QED) is 0.626. The topological polar surface area (TPSA) is 0 Å². The first-order valence-electron chi connectivity index (χ1n) is 2.84. The monoisotopic (exact) mass is 360 g/mol. The van der Waals surface area contributed by atoms with Gasteiger partial charge in [-0.05, 0) is 17.7 Å². The zero-order valence-corrected chi connectivity index (χ0v) is 10.8. The van der Waals surface area contributed by atoms with Gasteiger partial charge in [-0.15, -0.1) is 11.6 Å². The Morgan fingerprint density at radius 3 is 2.36 bits per heavy atom. The van der Waals surface area contributed by atoms with Crippen molar-refractivity contribution < 1.29 is 0 Å². The van der Waals surface area contributed by atoms with Crippen molar-refractivity contribution in [2.75, 3.05) is 0 Å². The van der Waals surface area contributed by atoms with Crippen molar-refractivity contribution in [2.45, 2.75) is 4.29 Å². The lowest BCUT2D eigenvalue weighted by atomic mass is 10.2. The van der Waals surface area contributed by atoms with Crippen LogP contribution in [-0.2, 0) is 0 Å². The maximum absolute atomic E-state index is 5.83. The fourth-order valence-corrected chi connectivity index (χ4v) is 2.98. The van der Waals surface area contributed by atoms with E-state index in [9.17, 15) is 0 Å². The van der Waals surface area contributed by atoms with E-state index in [4.69, 9.17) is 11.6 Å². The Balaban J connectivity index is 3.09. The van der Waals surface area contributed by atoms with Crippen LogP contribution in [0.15, 0.2) is 27.1 Å². The zero-order chi connectivity index (χ0) is 8.43. The molecule has 0 heterocycles. The summed E-state index contributed by atoms with van der Waals surface area (Å²) in [4.78, 5) is 0. The molecule has 0 aliphatic heterocycles. The van der Waals surface area contributed by atoms with Gasteiger partial charge in [-0.3, -0.25) is 0 Å². The molecular weight excluding hydrogens is 359 g/mol. The summed E-state index contributed by atoms with van der Waals surface area (Å²) in [5.74, 6) is 0. The largest absolute Gasteiger partial charge is 0.115 e. The minimum absolute atomic E-state index is 0.134. The molecule has 1 aromatic rings. The van der Waals surface area contributed by atoms with Gasteiger partial charge in [-0.25, -0.2) is 0 Å². The maximum Gasteiger partial charge on any atom is 0.115 e. The number of benzene rings is 1. The Labute approximate surface area is 95.7 Å². The van der Waals surface area contributed by atoms with Gasteiger partial charge in [0.2, 0.25) is 0 Å². The summed E-state index contributed by atoms with van der Waals surface area (Å²) in [6, 6.07) is 5.88. The molecular formula is C7H4Br3Cl. The van der Waals surface area contributed by atoms with Crippen molar-refractivity contribution in [2.24, 2.45) is 0 Å². The van der Waals surface area contributed by atoms with Crippen LogP contribution in [0, 0.1) is 0 Å². The van der Waals surface area contributed by atoms with E-state index < -0.39 is 0 Å². The van der Waals surface area contributed by atoms with Gasteiger partial charge in [-0.1, -0.05) is 53.9 Å². The molecule has 0 nitrogen and oxygen atoms in total. The summed E-state index contributed by atoms with van der Waals surface area (Å²) in [7, 11) is 0. The van der Waals surface area contributed by atoms with E-state index in [0.717, 1.165) is 14.5 Å². The minimum Gasteiger partial charge on any atom is -0.105 e. The minimum atomic E-state index is -0.134. The summed E-state index contributed by atoms with van der Waals surface area (Å²) in [6.07, 6.45) is 0. The molecule has 0 spiro atoms. The van der Waals surface area contributed by atoms with Crippen molar-refractivity contribution >= 4 is 59.4 Å². The van der Waals surface area contributed by atoms with E-state index in [1.54, 1.807) is 0 Å². The first kappa shape index (κ1) is 10.0. The molecule has 0 aliphatic carbocycles. The van der Waals surface area contributed by atoms with Crippen molar-refractivity contribution in [3.8, 4) is 0 Å². The molecule has 4 heteroatoms. The van der Waals surface area contributed by atoms with Crippen LogP contribution < -0.4 is 0 Å². The Kier molecular flexibility index (Phi) is 3.89. The molecule has 60 valence electrons. The Hall–Kier alpha value is 0.950. The molecule has 0 bridgehead atoms.